The molecule has 2 fully saturated rings. The SMILES string of the molecule is CC(CN1CCCC1=O)NC(=O)C1CCC(C(=O)O)O1. The number of amides is 2. The zero-order valence-electron chi connectivity index (χ0n) is 11.5. The van der Waals surface area contributed by atoms with Crippen molar-refractivity contribution in [3.63, 3.8) is 0 Å². The van der Waals surface area contributed by atoms with Crippen molar-refractivity contribution in [2.75, 3.05) is 13.1 Å². The number of aliphatic carboxylic acids is 1. The Morgan fingerprint density at radius 1 is 1.45 bits per heavy atom. The lowest BCUT2D eigenvalue weighted by Gasteiger charge is -2.22. The molecule has 2 N–H and O–H groups in total. The van der Waals surface area contributed by atoms with Gasteiger partial charge >= 0.3 is 5.97 Å². The number of carboxylic acids is 1. The number of rotatable bonds is 5. The molecular weight excluding hydrogens is 264 g/mol. The van der Waals surface area contributed by atoms with E-state index in [4.69, 9.17) is 9.84 Å². The van der Waals surface area contributed by atoms with Gasteiger partial charge < -0.3 is 20.1 Å². The topological polar surface area (TPSA) is 95.9 Å². The molecule has 7 heteroatoms. The first-order chi connectivity index (χ1) is 9.47. The van der Waals surface area contributed by atoms with Gasteiger partial charge in [0.25, 0.3) is 0 Å². The molecule has 0 aromatic heterocycles. The van der Waals surface area contributed by atoms with E-state index in [1.807, 2.05) is 6.92 Å². The molecule has 0 aromatic carbocycles. The van der Waals surface area contributed by atoms with Gasteiger partial charge in [0.1, 0.15) is 6.10 Å². The molecule has 0 radical (unpaired) electrons. The third-order valence-corrected chi connectivity index (χ3v) is 3.64. The molecule has 0 aliphatic carbocycles. The molecule has 2 rings (SSSR count). The van der Waals surface area contributed by atoms with E-state index in [1.165, 1.54) is 0 Å². The summed E-state index contributed by atoms with van der Waals surface area (Å²) >= 11 is 0. The molecule has 0 saturated carbocycles. The maximum atomic E-state index is 11.9. The largest absolute Gasteiger partial charge is 0.479 e. The van der Waals surface area contributed by atoms with Gasteiger partial charge in [-0.05, 0) is 26.2 Å². The number of ether oxygens (including phenoxy) is 1. The van der Waals surface area contributed by atoms with Crippen LogP contribution in [0.3, 0.4) is 0 Å². The lowest BCUT2D eigenvalue weighted by molar-refractivity contribution is -0.152. The van der Waals surface area contributed by atoms with E-state index in [-0.39, 0.29) is 17.9 Å². The smallest absolute Gasteiger partial charge is 0.332 e. The number of carbonyl (C=O) groups is 3. The Hall–Kier alpha value is -1.63. The Morgan fingerprint density at radius 2 is 2.15 bits per heavy atom. The molecule has 0 spiro atoms. The molecule has 3 atom stereocenters. The molecule has 7 nitrogen and oxygen atoms in total. The van der Waals surface area contributed by atoms with Crippen LogP contribution in [0.1, 0.15) is 32.6 Å². The maximum absolute atomic E-state index is 11.9. The van der Waals surface area contributed by atoms with Crippen molar-refractivity contribution in [1.82, 2.24) is 10.2 Å². The summed E-state index contributed by atoms with van der Waals surface area (Å²) < 4.78 is 5.18. The molecule has 0 bridgehead atoms. The number of nitrogens with one attached hydrogen (secondary N) is 1. The van der Waals surface area contributed by atoms with Crippen LogP contribution in [0.2, 0.25) is 0 Å². The van der Waals surface area contributed by atoms with E-state index in [2.05, 4.69) is 5.32 Å². The fourth-order valence-electron chi connectivity index (χ4n) is 2.62. The Bertz CT molecular complexity index is 412. The molecule has 2 saturated heterocycles. The van der Waals surface area contributed by atoms with Crippen LogP contribution in [0.5, 0.6) is 0 Å². The molecule has 2 amide bonds. The first-order valence-corrected chi connectivity index (χ1v) is 6.94. The molecule has 20 heavy (non-hydrogen) atoms. The first kappa shape index (κ1) is 14.8. The summed E-state index contributed by atoms with van der Waals surface area (Å²) in [7, 11) is 0. The number of nitrogens with zero attached hydrogens (tertiary/aromatic N) is 1. The molecule has 3 unspecified atom stereocenters. The fourth-order valence-corrected chi connectivity index (χ4v) is 2.62. The average Bonchev–Trinajstić information content (AvgIpc) is 2.99. The summed E-state index contributed by atoms with van der Waals surface area (Å²) in [4.78, 5) is 35.9. The minimum Gasteiger partial charge on any atom is -0.479 e. The van der Waals surface area contributed by atoms with Crippen molar-refractivity contribution in [2.45, 2.75) is 50.9 Å². The van der Waals surface area contributed by atoms with Crippen molar-refractivity contribution in [2.24, 2.45) is 0 Å². The third-order valence-electron chi connectivity index (χ3n) is 3.64. The van der Waals surface area contributed by atoms with Gasteiger partial charge in [0.05, 0.1) is 0 Å². The van der Waals surface area contributed by atoms with Crippen LogP contribution in [-0.4, -0.2) is 59.1 Å². The monoisotopic (exact) mass is 284 g/mol. The van der Waals surface area contributed by atoms with Gasteiger partial charge in [-0.3, -0.25) is 9.59 Å². The van der Waals surface area contributed by atoms with Crippen LogP contribution in [0.4, 0.5) is 0 Å². The van der Waals surface area contributed by atoms with Crippen LogP contribution < -0.4 is 5.32 Å². The highest BCUT2D eigenvalue weighted by Gasteiger charge is 2.35. The normalized spacial score (nSPS) is 27.6. The van der Waals surface area contributed by atoms with Gasteiger partial charge in [0.15, 0.2) is 6.10 Å². The number of hydrogen-bond acceptors (Lipinski definition) is 4. The minimum absolute atomic E-state index is 0.120. The summed E-state index contributed by atoms with van der Waals surface area (Å²) in [5, 5.41) is 11.6. The molecule has 2 aliphatic heterocycles. The van der Waals surface area contributed by atoms with Crippen molar-refractivity contribution < 1.29 is 24.2 Å². The average molecular weight is 284 g/mol. The number of carboxylic acid groups (broad SMARTS) is 1. The van der Waals surface area contributed by atoms with Gasteiger partial charge in [-0.1, -0.05) is 0 Å². The quantitative estimate of drug-likeness (QED) is 0.725. The number of hydrogen-bond donors (Lipinski definition) is 2. The van der Waals surface area contributed by atoms with E-state index in [0.717, 1.165) is 13.0 Å². The van der Waals surface area contributed by atoms with Crippen LogP contribution in [0.15, 0.2) is 0 Å². The van der Waals surface area contributed by atoms with E-state index in [0.29, 0.717) is 25.8 Å². The second-order valence-corrected chi connectivity index (χ2v) is 5.38. The Kier molecular flexibility index (Phi) is 4.59. The highest BCUT2D eigenvalue weighted by molar-refractivity contribution is 5.83. The summed E-state index contributed by atoms with van der Waals surface area (Å²) in [6.07, 6.45) is 0.622. The fraction of sp³-hybridized carbons (Fsp3) is 0.769. The summed E-state index contributed by atoms with van der Waals surface area (Å²) in [6.45, 7) is 3.05. The van der Waals surface area contributed by atoms with Gasteiger partial charge in [-0.25, -0.2) is 4.79 Å². The van der Waals surface area contributed by atoms with Gasteiger partial charge in [0, 0.05) is 25.6 Å². The van der Waals surface area contributed by atoms with Crippen molar-refractivity contribution >= 4 is 17.8 Å². The Morgan fingerprint density at radius 3 is 2.70 bits per heavy atom. The van der Waals surface area contributed by atoms with Crippen LogP contribution in [0, 0.1) is 0 Å². The standard InChI is InChI=1S/C13H20N2O5/c1-8(7-15-6-2-3-11(15)16)14-12(17)9-4-5-10(20-9)13(18)19/h8-10H,2-7H2,1H3,(H,14,17)(H,18,19). The highest BCUT2D eigenvalue weighted by Crippen LogP contribution is 2.20. The molecule has 0 aromatic rings. The zero-order valence-corrected chi connectivity index (χ0v) is 11.5. The molecule has 112 valence electrons. The maximum Gasteiger partial charge on any atom is 0.332 e. The molecular formula is C13H20N2O5. The van der Waals surface area contributed by atoms with E-state index in [1.54, 1.807) is 4.90 Å². The summed E-state index contributed by atoms with van der Waals surface area (Å²) in [5.41, 5.74) is 0. The minimum atomic E-state index is -1.03. The third kappa shape index (κ3) is 3.47. The van der Waals surface area contributed by atoms with Crippen LogP contribution in [0.25, 0.3) is 0 Å². The molecule has 2 heterocycles. The summed E-state index contributed by atoms with van der Waals surface area (Å²) in [5.74, 6) is -1.21. The van der Waals surface area contributed by atoms with Crippen LogP contribution >= 0.6 is 0 Å². The number of likely N-dealkylation sites (tertiary alicyclic amines) is 1. The van der Waals surface area contributed by atoms with Crippen molar-refractivity contribution in [3.8, 4) is 0 Å². The predicted octanol–water partition coefficient (Wildman–Crippen LogP) is -0.254. The first-order valence-electron chi connectivity index (χ1n) is 6.94. The number of carbonyl (C=O) groups excluding carboxylic acids is 2. The zero-order chi connectivity index (χ0) is 14.7. The highest BCUT2D eigenvalue weighted by atomic mass is 16.5. The van der Waals surface area contributed by atoms with Gasteiger partial charge in [0.2, 0.25) is 11.8 Å². The predicted molar refractivity (Wildman–Crippen MR) is 68.9 cm³/mol. The Balaban J connectivity index is 1.76. The van der Waals surface area contributed by atoms with Crippen LogP contribution in [-0.2, 0) is 19.1 Å². The van der Waals surface area contributed by atoms with E-state index in [9.17, 15) is 14.4 Å². The lowest BCUT2D eigenvalue weighted by atomic mass is 10.2. The van der Waals surface area contributed by atoms with Gasteiger partial charge in [-0.15, -0.1) is 0 Å². The van der Waals surface area contributed by atoms with Gasteiger partial charge in [-0.2, -0.15) is 0 Å². The summed E-state index contributed by atoms with van der Waals surface area (Å²) in [6, 6.07) is -0.169. The van der Waals surface area contributed by atoms with Crippen molar-refractivity contribution in [1.29, 1.82) is 0 Å². The van der Waals surface area contributed by atoms with E-state index < -0.39 is 18.2 Å². The molecule has 2 aliphatic rings. The van der Waals surface area contributed by atoms with E-state index >= 15 is 0 Å². The second kappa shape index (κ2) is 6.21. The Labute approximate surface area is 117 Å². The second-order valence-electron chi connectivity index (χ2n) is 5.38. The lowest BCUT2D eigenvalue weighted by Crippen LogP contribution is -2.46. The van der Waals surface area contributed by atoms with Crippen molar-refractivity contribution in [3.05, 3.63) is 0 Å².